The Morgan fingerprint density at radius 2 is 2.27 bits per heavy atom. The van der Waals surface area contributed by atoms with Gasteiger partial charge in [-0.15, -0.1) is 0 Å². The van der Waals surface area contributed by atoms with E-state index in [1.165, 1.54) is 6.07 Å². The van der Waals surface area contributed by atoms with E-state index < -0.39 is 0 Å². The summed E-state index contributed by atoms with van der Waals surface area (Å²) in [5, 5.41) is 8.34. The Balaban J connectivity index is 2.98. The standard InChI is InChI=1S/C9H8FN/c1-7-6-8(4-5-11)2-3-9(7)10/h2-3,6H,4H2,1H3. The van der Waals surface area contributed by atoms with Crippen LogP contribution in [-0.2, 0) is 6.42 Å². The second-order valence-electron chi connectivity index (χ2n) is 2.42. The lowest BCUT2D eigenvalue weighted by molar-refractivity contribution is 0.618. The molecule has 0 aliphatic rings. The van der Waals surface area contributed by atoms with E-state index in [0.29, 0.717) is 12.0 Å². The lowest BCUT2D eigenvalue weighted by Gasteiger charge is -1.97. The zero-order valence-corrected chi connectivity index (χ0v) is 6.26. The third-order valence-corrected chi connectivity index (χ3v) is 1.51. The van der Waals surface area contributed by atoms with E-state index in [0.717, 1.165) is 5.56 Å². The molecular weight excluding hydrogens is 141 g/mol. The average Bonchev–Trinajstić information content (AvgIpc) is 1.98. The summed E-state index contributed by atoms with van der Waals surface area (Å²) in [5.74, 6) is -0.216. The van der Waals surface area contributed by atoms with Gasteiger partial charge in [0.05, 0.1) is 12.5 Å². The molecule has 0 fully saturated rings. The minimum atomic E-state index is -0.216. The van der Waals surface area contributed by atoms with E-state index in [1.807, 2.05) is 6.07 Å². The number of halogens is 1. The summed E-state index contributed by atoms with van der Waals surface area (Å²) in [5.41, 5.74) is 1.46. The number of benzene rings is 1. The molecule has 2 heteroatoms. The number of hydrogen-bond donors (Lipinski definition) is 0. The van der Waals surface area contributed by atoms with E-state index >= 15 is 0 Å². The molecule has 56 valence electrons. The van der Waals surface area contributed by atoms with Crippen LogP contribution < -0.4 is 0 Å². The summed E-state index contributed by atoms with van der Waals surface area (Å²) in [7, 11) is 0. The molecule has 0 aromatic heterocycles. The van der Waals surface area contributed by atoms with Crippen molar-refractivity contribution in [2.45, 2.75) is 13.3 Å². The maximum atomic E-state index is 12.7. The van der Waals surface area contributed by atoms with Gasteiger partial charge in [-0.1, -0.05) is 12.1 Å². The molecule has 0 atom stereocenters. The summed E-state index contributed by atoms with van der Waals surface area (Å²) in [6.07, 6.45) is 0.348. The number of nitriles is 1. The Morgan fingerprint density at radius 1 is 1.55 bits per heavy atom. The van der Waals surface area contributed by atoms with Crippen LogP contribution in [0.15, 0.2) is 18.2 Å². The largest absolute Gasteiger partial charge is 0.207 e. The van der Waals surface area contributed by atoms with Gasteiger partial charge in [0.2, 0.25) is 0 Å². The summed E-state index contributed by atoms with van der Waals surface area (Å²) in [6, 6.07) is 6.72. The fourth-order valence-electron chi connectivity index (χ4n) is 0.908. The molecule has 0 spiro atoms. The smallest absolute Gasteiger partial charge is 0.126 e. The van der Waals surface area contributed by atoms with Gasteiger partial charge in [0.15, 0.2) is 0 Å². The van der Waals surface area contributed by atoms with Gasteiger partial charge in [0, 0.05) is 0 Å². The minimum absolute atomic E-state index is 0.216. The molecule has 0 aliphatic carbocycles. The van der Waals surface area contributed by atoms with Crippen molar-refractivity contribution in [3.63, 3.8) is 0 Å². The zero-order valence-electron chi connectivity index (χ0n) is 6.26. The van der Waals surface area contributed by atoms with Gasteiger partial charge in [0.1, 0.15) is 5.82 Å². The number of aryl methyl sites for hydroxylation is 1. The quantitative estimate of drug-likeness (QED) is 0.600. The Kier molecular flexibility index (Phi) is 2.22. The molecule has 1 nitrogen and oxygen atoms in total. The van der Waals surface area contributed by atoms with Crippen molar-refractivity contribution < 1.29 is 4.39 Å². The number of rotatable bonds is 1. The summed E-state index contributed by atoms with van der Waals surface area (Å²) < 4.78 is 12.7. The topological polar surface area (TPSA) is 23.8 Å². The van der Waals surface area contributed by atoms with Crippen LogP contribution in [0.1, 0.15) is 11.1 Å². The first-order valence-corrected chi connectivity index (χ1v) is 3.36. The Hall–Kier alpha value is -1.36. The van der Waals surface area contributed by atoms with Gasteiger partial charge < -0.3 is 0 Å². The van der Waals surface area contributed by atoms with E-state index in [4.69, 9.17) is 5.26 Å². The number of nitrogens with zero attached hydrogens (tertiary/aromatic N) is 1. The van der Waals surface area contributed by atoms with Crippen molar-refractivity contribution in [3.05, 3.63) is 35.1 Å². The second kappa shape index (κ2) is 3.16. The predicted octanol–water partition coefficient (Wildman–Crippen LogP) is 2.20. The minimum Gasteiger partial charge on any atom is -0.207 e. The molecule has 0 unspecified atom stereocenters. The maximum absolute atomic E-state index is 12.7. The lowest BCUT2D eigenvalue weighted by Crippen LogP contribution is -1.86. The third-order valence-electron chi connectivity index (χ3n) is 1.51. The molecule has 0 amide bonds. The highest BCUT2D eigenvalue weighted by molar-refractivity contribution is 5.25. The van der Waals surface area contributed by atoms with Crippen LogP contribution in [0.2, 0.25) is 0 Å². The molecule has 0 radical (unpaired) electrons. The van der Waals surface area contributed by atoms with Crippen molar-refractivity contribution in [2.75, 3.05) is 0 Å². The van der Waals surface area contributed by atoms with Crippen molar-refractivity contribution in [2.24, 2.45) is 0 Å². The molecule has 1 rings (SSSR count). The summed E-state index contributed by atoms with van der Waals surface area (Å²) in [4.78, 5) is 0. The van der Waals surface area contributed by atoms with Crippen LogP contribution in [0, 0.1) is 24.1 Å². The molecule has 0 aliphatic heterocycles. The molecule has 1 aromatic rings. The highest BCUT2D eigenvalue weighted by atomic mass is 19.1. The van der Waals surface area contributed by atoms with Crippen LogP contribution in [0.4, 0.5) is 4.39 Å². The molecule has 11 heavy (non-hydrogen) atoms. The lowest BCUT2D eigenvalue weighted by atomic mass is 10.1. The fourth-order valence-corrected chi connectivity index (χ4v) is 0.908. The Labute approximate surface area is 65.1 Å². The average molecular weight is 149 g/mol. The summed E-state index contributed by atoms with van der Waals surface area (Å²) >= 11 is 0. The first kappa shape index (κ1) is 7.74. The van der Waals surface area contributed by atoms with E-state index in [9.17, 15) is 4.39 Å². The summed E-state index contributed by atoms with van der Waals surface area (Å²) in [6.45, 7) is 1.69. The monoisotopic (exact) mass is 149 g/mol. The van der Waals surface area contributed by atoms with E-state index in [2.05, 4.69) is 0 Å². The second-order valence-corrected chi connectivity index (χ2v) is 2.42. The van der Waals surface area contributed by atoms with Gasteiger partial charge >= 0.3 is 0 Å². The SMILES string of the molecule is Cc1cc(CC#N)ccc1F. The first-order chi connectivity index (χ1) is 5.24. The first-order valence-electron chi connectivity index (χ1n) is 3.36. The molecule has 0 saturated heterocycles. The Morgan fingerprint density at radius 3 is 2.82 bits per heavy atom. The van der Waals surface area contributed by atoms with Crippen molar-refractivity contribution >= 4 is 0 Å². The van der Waals surface area contributed by atoms with Gasteiger partial charge in [0.25, 0.3) is 0 Å². The van der Waals surface area contributed by atoms with Gasteiger partial charge in [-0.3, -0.25) is 0 Å². The van der Waals surface area contributed by atoms with Crippen LogP contribution >= 0.6 is 0 Å². The van der Waals surface area contributed by atoms with Crippen molar-refractivity contribution in [3.8, 4) is 6.07 Å². The predicted molar refractivity (Wildman–Crippen MR) is 40.5 cm³/mol. The highest BCUT2D eigenvalue weighted by Gasteiger charge is 1.97. The maximum Gasteiger partial charge on any atom is 0.126 e. The Bertz CT molecular complexity index is 299. The van der Waals surface area contributed by atoms with Crippen molar-refractivity contribution in [1.82, 2.24) is 0 Å². The fraction of sp³-hybridized carbons (Fsp3) is 0.222. The van der Waals surface area contributed by atoms with E-state index in [-0.39, 0.29) is 5.82 Å². The third kappa shape index (κ3) is 1.78. The van der Waals surface area contributed by atoms with Gasteiger partial charge in [-0.25, -0.2) is 4.39 Å². The molecule has 0 N–H and O–H groups in total. The highest BCUT2D eigenvalue weighted by Crippen LogP contribution is 2.08. The van der Waals surface area contributed by atoms with Gasteiger partial charge in [-0.05, 0) is 24.1 Å². The number of hydrogen-bond acceptors (Lipinski definition) is 1. The van der Waals surface area contributed by atoms with Crippen LogP contribution in [0.3, 0.4) is 0 Å². The molecular formula is C9H8FN. The van der Waals surface area contributed by atoms with Crippen molar-refractivity contribution in [1.29, 1.82) is 5.26 Å². The molecule has 0 bridgehead atoms. The van der Waals surface area contributed by atoms with E-state index in [1.54, 1.807) is 19.1 Å². The van der Waals surface area contributed by atoms with Crippen LogP contribution in [0.5, 0.6) is 0 Å². The zero-order chi connectivity index (χ0) is 8.27. The molecule has 1 aromatic carbocycles. The van der Waals surface area contributed by atoms with Crippen LogP contribution in [-0.4, -0.2) is 0 Å². The normalized spacial score (nSPS) is 9.18. The van der Waals surface area contributed by atoms with Gasteiger partial charge in [-0.2, -0.15) is 5.26 Å². The molecule has 0 saturated carbocycles. The molecule has 0 heterocycles. The van der Waals surface area contributed by atoms with Crippen LogP contribution in [0.25, 0.3) is 0 Å².